The molecule has 0 radical (unpaired) electrons. The van der Waals surface area contributed by atoms with Crippen LogP contribution in [0.25, 0.3) is 0 Å². The number of phenols is 1. The summed E-state index contributed by atoms with van der Waals surface area (Å²) in [6, 6.07) is 9.83. The molecule has 0 saturated heterocycles. The second-order valence-corrected chi connectivity index (χ2v) is 4.56. The first-order chi connectivity index (χ1) is 10.0. The summed E-state index contributed by atoms with van der Waals surface area (Å²) in [5, 5.41) is 12.3. The van der Waals surface area contributed by atoms with E-state index >= 15 is 0 Å². The van der Waals surface area contributed by atoms with Crippen LogP contribution in [0, 0.1) is 6.92 Å². The lowest BCUT2D eigenvalue weighted by atomic mass is 10.1. The standard InChI is InChI=1S/C16H17NO4/c1-10-6-12(4-5-15(10)18)17-16(19)11-7-13(20-2)9-14(8-11)21-3/h4-9,18H,1-3H3,(H,17,19). The van der Waals surface area contributed by atoms with Crippen LogP contribution < -0.4 is 14.8 Å². The molecule has 0 heterocycles. The van der Waals surface area contributed by atoms with Gasteiger partial charge in [0.05, 0.1) is 14.2 Å². The van der Waals surface area contributed by atoms with Crippen molar-refractivity contribution in [3.63, 3.8) is 0 Å². The molecule has 0 atom stereocenters. The molecule has 0 aromatic heterocycles. The normalized spacial score (nSPS) is 10.0. The smallest absolute Gasteiger partial charge is 0.255 e. The second-order valence-electron chi connectivity index (χ2n) is 4.56. The van der Waals surface area contributed by atoms with Gasteiger partial charge in [-0.25, -0.2) is 0 Å². The van der Waals surface area contributed by atoms with Crippen LogP contribution in [0.3, 0.4) is 0 Å². The lowest BCUT2D eigenvalue weighted by molar-refractivity contribution is 0.102. The predicted molar refractivity (Wildman–Crippen MR) is 80.3 cm³/mol. The number of hydrogen-bond donors (Lipinski definition) is 2. The van der Waals surface area contributed by atoms with Gasteiger partial charge in [0.25, 0.3) is 5.91 Å². The number of nitrogens with one attached hydrogen (secondary N) is 1. The third kappa shape index (κ3) is 3.45. The molecule has 0 spiro atoms. The van der Waals surface area contributed by atoms with E-state index in [-0.39, 0.29) is 11.7 Å². The van der Waals surface area contributed by atoms with Crippen LogP contribution in [0.15, 0.2) is 36.4 Å². The molecule has 0 aliphatic rings. The lowest BCUT2D eigenvalue weighted by Gasteiger charge is -2.10. The number of methoxy groups -OCH3 is 2. The van der Waals surface area contributed by atoms with E-state index in [1.165, 1.54) is 20.3 Å². The van der Waals surface area contributed by atoms with E-state index in [2.05, 4.69) is 5.32 Å². The first kappa shape index (κ1) is 14.7. The predicted octanol–water partition coefficient (Wildman–Crippen LogP) is 2.97. The van der Waals surface area contributed by atoms with Crippen molar-refractivity contribution in [2.45, 2.75) is 6.92 Å². The number of benzene rings is 2. The highest BCUT2D eigenvalue weighted by molar-refractivity contribution is 6.04. The summed E-state index contributed by atoms with van der Waals surface area (Å²) >= 11 is 0. The Balaban J connectivity index is 2.25. The van der Waals surface area contributed by atoms with E-state index in [1.807, 2.05) is 0 Å². The van der Waals surface area contributed by atoms with Crippen LogP contribution in [0.4, 0.5) is 5.69 Å². The largest absolute Gasteiger partial charge is 0.508 e. The van der Waals surface area contributed by atoms with Crippen molar-refractivity contribution in [3.8, 4) is 17.2 Å². The molecule has 0 bridgehead atoms. The van der Waals surface area contributed by atoms with E-state index < -0.39 is 0 Å². The summed E-state index contributed by atoms with van der Waals surface area (Å²) in [6.45, 7) is 1.76. The van der Waals surface area contributed by atoms with Gasteiger partial charge < -0.3 is 19.9 Å². The van der Waals surface area contributed by atoms with Crippen molar-refractivity contribution in [2.75, 3.05) is 19.5 Å². The highest BCUT2D eigenvalue weighted by Gasteiger charge is 2.10. The number of hydrogen-bond acceptors (Lipinski definition) is 4. The number of anilines is 1. The Hall–Kier alpha value is -2.69. The molecule has 2 aromatic carbocycles. The molecule has 110 valence electrons. The highest BCUT2D eigenvalue weighted by Crippen LogP contribution is 2.24. The average molecular weight is 287 g/mol. The maximum atomic E-state index is 12.3. The van der Waals surface area contributed by atoms with E-state index in [9.17, 15) is 9.90 Å². The molecule has 5 nitrogen and oxygen atoms in total. The zero-order valence-corrected chi connectivity index (χ0v) is 12.1. The van der Waals surface area contributed by atoms with Crippen molar-refractivity contribution in [1.82, 2.24) is 0 Å². The van der Waals surface area contributed by atoms with Crippen LogP contribution in [0.2, 0.25) is 0 Å². The van der Waals surface area contributed by atoms with Crippen LogP contribution in [0.5, 0.6) is 17.2 Å². The van der Waals surface area contributed by atoms with Gasteiger partial charge in [-0.05, 0) is 42.8 Å². The van der Waals surface area contributed by atoms with Gasteiger partial charge in [-0.2, -0.15) is 0 Å². The van der Waals surface area contributed by atoms with Crippen LogP contribution >= 0.6 is 0 Å². The molecule has 2 aromatic rings. The molecule has 21 heavy (non-hydrogen) atoms. The molecule has 2 N–H and O–H groups in total. The first-order valence-electron chi connectivity index (χ1n) is 6.37. The number of amides is 1. The number of carbonyl (C=O) groups is 1. The monoisotopic (exact) mass is 287 g/mol. The summed E-state index contributed by atoms with van der Waals surface area (Å²) in [4.78, 5) is 12.3. The fraction of sp³-hybridized carbons (Fsp3) is 0.188. The maximum absolute atomic E-state index is 12.3. The van der Waals surface area contributed by atoms with Gasteiger partial charge >= 0.3 is 0 Å². The second kappa shape index (κ2) is 6.17. The van der Waals surface area contributed by atoms with E-state index in [1.54, 1.807) is 37.3 Å². The third-order valence-corrected chi connectivity index (χ3v) is 3.07. The Kier molecular flexibility index (Phi) is 4.33. The minimum Gasteiger partial charge on any atom is -0.508 e. The van der Waals surface area contributed by atoms with Crippen molar-refractivity contribution in [3.05, 3.63) is 47.5 Å². The topological polar surface area (TPSA) is 67.8 Å². The average Bonchev–Trinajstić information content (AvgIpc) is 2.50. The molecule has 0 aliphatic carbocycles. The summed E-state index contributed by atoms with van der Waals surface area (Å²) in [5.74, 6) is 0.996. The Morgan fingerprint density at radius 2 is 1.67 bits per heavy atom. The lowest BCUT2D eigenvalue weighted by Crippen LogP contribution is -2.12. The fourth-order valence-electron chi connectivity index (χ4n) is 1.88. The number of aromatic hydroxyl groups is 1. The molecule has 0 saturated carbocycles. The minimum atomic E-state index is -0.280. The number of rotatable bonds is 4. The van der Waals surface area contributed by atoms with Gasteiger partial charge in [0.2, 0.25) is 0 Å². The van der Waals surface area contributed by atoms with Crippen LogP contribution in [0.1, 0.15) is 15.9 Å². The SMILES string of the molecule is COc1cc(OC)cc(C(=O)Nc2ccc(O)c(C)c2)c1. The summed E-state index contributed by atoms with van der Waals surface area (Å²) in [5.41, 5.74) is 1.73. The minimum absolute atomic E-state index is 0.191. The third-order valence-electron chi connectivity index (χ3n) is 3.07. The van der Waals surface area contributed by atoms with Gasteiger partial charge in [-0.3, -0.25) is 4.79 Å². The van der Waals surface area contributed by atoms with Gasteiger partial charge in [0.15, 0.2) is 0 Å². The number of ether oxygens (including phenoxy) is 2. The number of phenolic OH excluding ortho intramolecular Hbond substituents is 1. The Morgan fingerprint density at radius 1 is 1.05 bits per heavy atom. The van der Waals surface area contributed by atoms with Crippen molar-refractivity contribution >= 4 is 11.6 Å². The van der Waals surface area contributed by atoms with E-state index in [4.69, 9.17) is 9.47 Å². The summed E-state index contributed by atoms with van der Waals surface area (Å²) in [7, 11) is 3.06. The molecular formula is C16H17NO4. The summed E-state index contributed by atoms with van der Waals surface area (Å²) < 4.78 is 10.3. The van der Waals surface area contributed by atoms with Crippen LogP contribution in [-0.2, 0) is 0 Å². The zero-order chi connectivity index (χ0) is 15.4. The van der Waals surface area contributed by atoms with E-state index in [0.717, 1.165) is 0 Å². The molecular weight excluding hydrogens is 270 g/mol. The zero-order valence-electron chi connectivity index (χ0n) is 12.1. The van der Waals surface area contributed by atoms with Gasteiger partial charge in [-0.15, -0.1) is 0 Å². The Bertz CT molecular complexity index is 645. The van der Waals surface area contributed by atoms with E-state index in [0.29, 0.717) is 28.3 Å². The molecule has 0 fully saturated rings. The summed E-state index contributed by atoms with van der Waals surface area (Å²) in [6.07, 6.45) is 0. The fourth-order valence-corrected chi connectivity index (χ4v) is 1.88. The quantitative estimate of drug-likeness (QED) is 0.848. The van der Waals surface area contributed by atoms with Crippen molar-refractivity contribution in [2.24, 2.45) is 0 Å². The molecule has 5 heteroatoms. The molecule has 1 amide bonds. The van der Waals surface area contributed by atoms with Crippen molar-refractivity contribution < 1.29 is 19.4 Å². The first-order valence-corrected chi connectivity index (χ1v) is 6.37. The van der Waals surface area contributed by atoms with Gasteiger partial charge in [0.1, 0.15) is 17.2 Å². The Labute approximate surface area is 123 Å². The maximum Gasteiger partial charge on any atom is 0.255 e. The number of aryl methyl sites for hydroxylation is 1. The van der Waals surface area contributed by atoms with Crippen molar-refractivity contribution in [1.29, 1.82) is 0 Å². The Morgan fingerprint density at radius 3 is 2.19 bits per heavy atom. The van der Waals surface area contributed by atoms with Gasteiger partial charge in [-0.1, -0.05) is 0 Å². The van der Waals surface area contributed by atoms with Gasteiger partial charge in [0, 0.05) is 17.3 Å². The molecule has 0 unspecified atom stereocenters. The molecule has 2 rings (SSSR count). The highest BCUT2D eigenvalue weighted by atomic mass is 16.5. The number of carbonyl (C=O) groups excluding carboxylic acids is 1. The molecule has 0 aliphatic heterocycles. The van der Waals surface area contributed by atoms with Crippen LogP contribution in [-0.4, -0.2) is 25.2 Å².